The molecule has 2 rings (SSSR count). The molecule has 2 aromatic rings. The largest absolute Gasteiger partial charge is 0.364 e. The number of H-pyrrole nitrogens is 1. The molecule has 0 unspecified atom stereocenters. The second-order valence-electron chi connectivity index (χ2n) is 3.86. The van der Waals surface area contributed by atoms with Crippen molar-refractivity contribution in [2.45, 2.75) is 6.54 Å². The first-order valence-electron chi connectivity index (χ1n) is 5.30. The molecule has 0 aliphatic rings. The van der Waals surface area contributed by atoms with Gasteiger partial charge in [0.05, 0.1) is 6.54 Å². The van der Waals surface area contributed by atoms with Crippen LogP contribution < -0.4 is 0 Å². The third kappa shape index (κ3) is 2.88. The molecule has 88 valence electrons. The van der Waals surface area contributed by atoms with Gasteiger partial charge in [-0.05, 0) is 36.4 Å². The number of aromatic nitrogens is 1. The third-order valence-electron chi connectivity index (χ3n) is 2.51. The normalized spacial score (nSPS) is 10.2. The molecule has 0 radical (unpaired) electrons. The summed E-state index contributed by atoms with van der Waals surface area (Å²) in [6.07, 6.45) is 1.84. The van der Waals surface area contributed by atoms with E-state index in [-0.39, 0.29) is 5.91 Å². The highest BCUT2D eigenvalue weighted by molar-refractivity contribution is 6.30. The number of nitrogens with zero attached hydrogens (tertiary/aromatic N) is 1. The van der Waals surface area contributed by atoms with Crippen molar-refractivity contribution in [3.05, 3.63) is 58.9 Å². The summed E-state index contributed by atoms with van der Waals surface area (Å²) in [5, 5.41) is 0.633. The van der Waals surface area contributed by atoms with E-state index in [9.17, 15) is 4.79 Å². The van der Waals surface area contributed by atoms with E-state index in [1.165, 1.54) is 0 Å². The molecule has 0 atom stereocenters. The lowest BCUT2D eigenvalue weighted by Gasteiger charge is -2.16. The van der Waals surface area contributed by atoms with Crippen LogP contribution in [0.3, 0.4) is 0 Å². The van der Waals surface area contributed by atoms with E-state index in [2.05, 4.69) is 4.98 Å². The van der Waals surface area contributed by atoms with Crippen molar-refractivity contribution in [1.29, 1.82) is 0 Å². The Morgan fingerprint density at radius 1 is 1.29 bits per heavy atom. The lowest BCUT2D eigenvalue weighted by molar-refractivity contribution is 0.0783. The maximum Gasteiger partial charge on any atom is 0.253 e. The number of carbonyl (C=O) groups is 1. The predicted octanol–water partition coefficient (Wildman–Crippen LogP) is 2.94. The number of hydrogen-bond acceptors (Lipinski definition) is 1. The maximum atomic E-state index is 12.1. The molecule has 0 bridgehead atoms. The van der Waals surface area contributed by atoms with Gasteiger partial charge in [0.2, 0.25) is 0 Å². The lowest BCUT2D eigenvalue weighted by atomic mass is 10.2. The van der Waals surface area contributed by atoms with Gasteiger partial charge in [-0.3, -0.25) is 4.79 Å². The molecule has 1 heterocycles. The smallest absolute Gasteiger partial charge is 0.253 e. The van der Waals surface area contributed by atoms with Crippen molar-refractivity contribution in [3.8, 4) is 0 Å². The molecule has 0 aliphatic heterocycles. The van der Waals surface area contributed by atoms with Gasteiger partial charge in [-0.15, -0.1) is 0 Å². The first-order valence-corrected chi connectivity index (χ1v) is 5.68. The van der Waals surface area contributed by atoms with Crippen LogP contribution in [0.5, 0.6) is 0 Å². The van der Waals surface area contributed by atoms with Crippen LogP contribution >= 0.6 is 11.6 Å². The Morgan fingerprint density at radius 3 is 2.59 bits per heavy atom. The van der Waals surface area contributed by atoms with Crippen LogP contribution in [0.15, 0.2) is 42.6 Å². The Kier molecular flexibility index (Phi) is 3.49. The van der Waals surface area contributed by atoms with Gasteiger partial charge in [0, 0.05) is 29.5 Å². The van der Waals surface area contributed by atoms with E-state index >= 15 is 0 Å². The summed E-state index contributed by atoms with van der Waals surface area (Å²) in [4.78, 5) is 16.8. The van der Waals surface area contributed by atoms with Gasteiger partial charge >= 0.3 is 0 Å². The molecular weight excluding hydrogens is 236 g/mol. The highest BCUT2D eigenvalue weighted by atomic mass is 35.5. The minimum Gasteiger partial charge on any atom is -0.364 e. The van der Waals surface area contributed by atoms with Gasteiger partial charge in [-0.25, -0.2) is 0 Å². The Morgan fingerprint density at radius 2 is 2.00 bits per heavy atom. The quantitative estimate of drug-likeness (QED) is 0.891. The van der Waals surface area contributed by atoms with Crippen molar-refractivity contribution in [3.63, 3.8) is 0 Å². The molecule has 0 saturated heterocycles. The Balaban J connectivity index is 2.07. The Hall–Kier alpha value is -1.74. The number of halogens is 1. The second-order valence-corrected chi connectivity index (χ2v) is 4.30. The molecule has 17 heavy (non-hydrogen) atoms. The molecular formula is C13H13ClN2O. The fraction of sp³-hybridized carbons (Fsp3) is 0.154. The number of aromatic amines is 1. The van der Waals surface area contributed by atoms with Gasteiger partial charge in [0.25, 0.3) is 5.91 Å². The van der Waals surface area contributed by atoms with Crippen LogP contribution in [0.2, 0.25) is 5.02 Å². The molecule has 3 nitrogen and oxygen atoms in total. The topological polar surface area (TPSA) is 36.1 Å². The average Bonchev–Trinajstić information content (AvgIpc) is 2.82. The first-order chi connectivity index (χ1) is 8.16. The number of nitrogens with one attached hydrogen (secondary N) is 1. The molecule has 1 aromatic carbocycles. The average molecular weight is 249 g/mol. The van der Waals surface area contributed by atoms with Gasteiger partial charge in [0.15, 0.2) is 0 Å². The molecule has 0 saturated carbocycles. The van der Waals surface area contributed by atoms with Gasteiger partial charge in [-0.2, -0.15) is 0 Å². The van der Waals surface area contributed by atoms with Gasteiger partial charge in [0.1, 0.15) is 0 Å². The highest BCUT2D eigenvalue weighted by Crippen LogP contribution is 2.12. The summed E-state index contributed by atoms with van der Waals surface area (Å²) in [6.45, 7) is 0.564. The summed E-state index contributed by atoms with van der Waals surface area (Å²) >= 11 is 5.78. The molecule has 4 heteroatoms. The zero-order valence-electron chi connectivity index (χ0n) is 9.48. The summed E-state index contributed by atoms with van der Waals surface area (Å²) < 4.78 is 0. The van der Waals surface area contributed by atoms with Crippen molar-refractivity contribution in [2.75, 3.05) is 7.05 Å². The van der Waals surface area contributed by atoms with Crippen LogP contribution in [-0.2, 0) is 6.54 Å². The zero-order valence-corrected chi connectivity index (χ0v) is 10.2. The summed E-state index contributed by atoms with van der Waals surface area (Å²) in [5.41, 5.74) is 1.65. The molecule has 0 aliphatic carbocycles. The highest BCUT2D eigenvalue weighted by Gasteiger charge is 2.11. The number of carbonyl (C=O) groups excluding carboxylic acids is 1. The number of hydrogen-bond donors (Lipinski definition) is 1. The molecule has 1 aromatic heterocycles. The fourth-order valence-electron chi connectivity index (χ4n) is 1.61. The molecule has 0 spiro atoms. The first kappa shape index (κ1) is 11.7. The van der Waals surface area contributed by atoms with E-state index < -0.39 is 0 Å². The summed E-state index contributed by atoms with van der Waals surface area (Å²) in [6, 6.07) is 10.8. The maximum absolute atomic E-state index is 12.1. The summed E-state index contributed by atoms with van der Waals surface area (Å²) in [7, 11) is 1.78. The monoisotopic (exact) mass is 248 g/mol. The van der Waals surface area contributed by atoms with Crippen LogP contribution in [0.4, 0.5) is 0 Å². The molecule has 1 N–H and O–H groups in total. The van der Waals surface area contributed by atoms with E-state index in [4.69, 9.17) is 11.6 Å². The van der Waals surface area contributed by atoms with Crippen LogP contribution in [0.1, 0.15) is 16.1 Å². The second kappa shape index (κ2) is 5.06. The van der Waals surface area contributed by atoms with E-state index in [0.717, 1.165) is 5.69 Å². The minimum absolute atomic E-state index is 0.0173. The zero-order chi connectivity index (χ0) is 12.3. The third-order valence-corrected chi connectivity index (χ3v) is 2.76. The van der Waals surface area contributed by atoms with E-state index in [1.54, 1.807) is 36.2 Å². The van der Waals surface area contributed by atoms with Crippen LogP contribution in [0.25, 0.3) is 0 Å². The molecule has 0 fully saturated rings. The summed E-state index contributed by atoms with van der Waals surface area (Å²) in [5.74, 6) is -0.0173. The van der Waals surface area contributed by atoms with E-state index in [1.807, 2.05) is 18.3 Å². The van der Waals surface area contributed by atoms with E-state index in [0.29, 0.717) is 17.1 Å². The number of benzene rings is 1. The number of rotatable bonds is 3. The lowest BCUT2D eigenvalue weighted by Crippen LogP contribution is -2.26. The SMILES string of the molecule is CN(Cc1ccc[nH]1)C(=O)c1ccc(Cl)cc1. The van der Waals surface area contributed by atoms with Crippen molar-refractivity contribution >= 4 is 17.5 Å². The fourth-order valence-corrected chi connectivity index (χ4v) is 1.73. The number of amides is 1. The predicted molar refractivity (Wildman–Crippen MR) is 68.0 cm³/mol. The Labute approximate surface area is 105 Å². The minimum atomic E-state index is -0.0173. The van der Waals surface area contributed by atoms with Gasteiger partial charge < -0.3 is 9.88 Å². The van der Waals surface area contributed by atoms with Crippen molar-refractivity contribution < 1.29 is 4.79 Å². The standard InChI is InChI=1S/C13H13ClN2O/c1-16(9-12-3-2-8-15-12)13(17)10-4-6-11(14)7-5-10/h2-8,15H,9H2,1H3. The van der Waals surface area contributed by atoms with Crippen LogP contribution in [0, 0.1) is 0 Å². The van der Waals surface area contributed by atoms with Crippen molar-refractivity contribution in [2.24, 2.45) is 0 Å². The van der Waals surface area contributed by atoms with Crippen LogP contribution in [-0.4, -0.2) is 22.8 Å². The van der Waals surface area contributed by atoms with Crippen molar-refractivity contribution in [1.82, 2.24) is 9.88 Å². The Bertz CT molecular complexity index is 491. The molecule has 1 amide bonds. The van der Waals surface area contributed by atoms with Gasteiger partial charge in [-0.1, -0.05) is 11.6 Å².